The Balaban J connectivity index is 2.55. The molecule has 0 fully saturated rings. The number of aryl methyl sites for hydroxylation is 1. The first-order valence-electron chi connectivity index (χ1n) is 4.32. The van der Waals surface area contributed by atoms with Gasteiger partial charge >= 0.3 is 0 Å². The molecule has 15 heavy (non-hydrogen) atoms. The maximum absolute atomic E-state index is 10.9. The number of pyridine rings is 1. The number of aromatic nitrogens is 1. The van der Waals surface area contributed by atoms with E-state index in [0.717, 1.165) is 15.2 Å². The molecule has 0 aromatic carbocycles. The van der Waals surface area contributed by atoms with Gasteiger partial charge in [-0.2, -0.15) is 0 Å². The molecular weight excluding hydrogens is 298 g/mol. The molecule has 0 unspecified atom stereocenters. The summed E-state index contributed by atoms with van der Waals surface area (Å²) in [7, 11) is -2.87. The highest BCUT2D eigenvalue weighted by Gasteiger charge is 2.04. The first-order chi connectivity index (χ1) is 6.88. The van der Waals surface area contributed by atoms with Gasteiger partial charge in [0.05, 0.1) is 16.5 Å². The number of rotatable bonds is 4. The summed E-state index contributed by atoms with van der Waals surface area (Å²) < 4.78 is 22.8. The van der Waals surface area contributed by atoms with Crippen molar-refractivity contribution in [3.63, 3.8) is 0 Å². The molecule has 1 heterocycles. The number of hydrogen-bond donors (Lipinski definition) is 0. The second kappa shape index (κ2) is 5.32. The molecule has 0 aliphatic heterocycles. The minimum atomic E-state index is -2.87. The number of nitrogens with zero attached hydrogens (tertiary/aromatic N) is 1. The lowest BCUT2D eigenvalue weighted by molar-refractivity contribution is 0.603. The highest BCUT2D eigenvalue weighted by atomic mass is 79.9. The van der Waals surface area contributed by atoms with E-state index in [0.29, 0.717) is 5.75 Å². The molecule has 1 rings (SSSR count). The SMILES string of the molecule is Cc1nc(SCCS(C)(=O)=O)ccc1Br. The number of sulfone groups is 1. The highest BCUT2D eigenvalue weighted by molar-refractivity contribution is 9.10. The van der Waals surface area contributed by atoms with Gasteiger partial charge in [-0.1, -0.05) is 0 Å². The molecule has 6 heteroatoms. The van der Waals surface area contributed by atoms with Crippen LogP contribution in [-0.4, -0.2) is 31.2 Å². The van der Waals surface area contributed by atoms with Crippen molar-refractivity contribution in [2.45, 2.75) is 11.9 Å². The summed E-state index contributed by atoms with van der Waals surface area (Å²) in [5.74, 6) is 0.737. The molecule has 0 N–H and O–H groups in total. The van der Waals surface area contributed by atoms with Crippen LogP contribution < -0.4 is 0 Å². The summed E-state index contributed by atoms with van der Waals surface area (Å²) in [6.07, 6.45) is 1.24. The Morgan fingerprint density at radius 3 is 2.67 bits per heavy atom. The van der Waals surface area contributed by atoms with Gasteiger partial charge in [0.1, 0.15) is 9.84 Å². The van der Waals surface area contributed by atoms with Crippen molar-refractivity contribution in [2.24, 2.45) is 0 Å². The molecule has 0 radical (unpaired) electrons. The van der Waals surface area contributed by atoms with Crippen LogP contribution in [0.1, 0.15) is 5.69 Å². The molecule has 0 spiro atoms. The third-order valence-corrected chi connectivity index (χ3v) is 4.67. The number of halogens is 1. The highest BCUT2D eigenvalue weighted by Crippen LogP contribution is 2.20. The fourth-order valence-electron chi connectivity index (χ4n) is 0.899. The van der Waals surface area contributed by atoms with Gasteiger partial charge in [0.15, 0.2) is 0 Å². The van der Waals surface area contributed by atoms with Crippen LogP contribution in [0.4, 0.5) is 0 Å². The van der Waals surface area contributed by atoms with Crippen molar-refractivity contribution in [1.82, 2.24) is 4.98 Å². The Morgan fingerprint density at radius 1 is 1.47 bits per heavy atom. The quantitative estimate of drug-likeness (QED) is 0.801. The fourth-order valence-corrected chi connectivity index (χ4v) is 3.24. The zero-order chi connectivity index (χ0) is 11.5. The predicted octanol–water partition coefficient (Wildman–Crippen LogP) is 2.29. The van der Waals surface area contributed by atoms with E-state index in [1.807, 2.05) is 19.1 Å². The molecule has 84 valence electrons. The molecule has 0 bridgehead atoms. The number of hydrogen-bond acceptors (Lipinski definition) is 4. The molecule has 0 saturated carbocycles. The van der Waals surface area contributed by atoms with E-state index in [4.69, 9.17) is 0 Å². The number of thioether (sulfide) groups is 1. The van der Waals surface area contributed by atoms with Gasteiger partial charge in [-0.25, -0.2) is 13.4 Å². The smallest absolute Gasteiger partial charge is 0.148 e. The molecule has 1 aromatic heterocycles. The molecule has 0 atom stereocenters. The van der Waals surface area contributed by atoms with Crippen LogP contribution in [0.3, 0.4) is 0 Å². The third-order valence-electron chi connectivity index (χ3n) is 1.70. The van der Waals surface area contributed by atoms with Crippen molar-refractivity contribution in [3.05, 3.63) is 22.3 Å². The van der Waals surface area contributed by atoms with Gasteiger partial charge in [0.2, 0.25) is 0 Å². The summed E-state index contributed by atoms with van der Waals surface area (Å²) in [6, 6.07) is 3.80. The van der Waals surface area contributed by atoms with Gasteiger partial charge < -0.3 is 0 Å². The summed E-state index contributed by atoms with van der Waals surface area (Å²) in [4.78, 5) is 4.31. The van der Waals surface area contributed by atoms with E-state index >= 15 is 0 Å². The minimum absolute atomic E-state index is 0.189. The van der Waals surface area contributed by atoms with Crippen LogP contribution >= 0.6 is 27.7 Å². The lowest BCUT2D eigenvalue weighted by atomic mass is 10.4. The molecular formula is C9H12BrNO2S2. The predicted molar refractivity (Wildman–Crippen MR) is 67.1 cm³/mol. The lowest BCUT2D eigenvalue weighted by Gasteiger charge is -2.02. The second-order valence-electron chi connectivity index (χ2n) is 3.20. The summed E-state index contributed by atoms with van der Waals surface area (Å²) >= 11 is 4.82. The fraction of sp³-hybridized carbons (Fsp3) is 0.444. The second-order valence-corrected chi connectivity index (χ2v) is 7.42. The molecule has 0 aliphatic rings. The minimum Gasteiger partial charge on any atom is -0.246 e. The lowest BCUT2D eigenvalue weighted by Crippen LogP contribution is -2.05. The Hall–Kier alpha value is -0.0700. The van der Waals surface area contributed by atoms with E-state index in [1.165, 1.54) is 18.0 Å². The van der Waals surface area contributed by atoms with Crippen LogP contribution in [0.25, 0.3) is 0 Å². The van der Waals surface area contributed by atoms with Crippen LogP contribution in [0.15, 0.2) is 21.6 Å². The molecule has 1 aromatic rings. The zero-order valence-electron chi connectivity index (χ0n) is 8.53. The van der Waals surface area contributed by atoms with E-state index in [1.54, 1.807) is 0 Å². The standard InChI is InChI=1S/C9H12BrNO2S2/c1-7-8(10)3-4-9(11-7)14-5-6-15(2,12)13/h3-4H,5-6H2,1-2H3. The van der Waals surface area contributed by atoms with Crippen LogP contribution in [0.5, 0.6) is 0 Å². The third kappa shape index (κ3) is 4.99. The first kappa shape index (κ1) is 13.0. The molecule has 0 amide bonds. The Bertz CT molecular complexity index is 445. The summed E-state index contributed by atoms with van der Waals surface area (Å²) in [5.41, 5.74) is 0.916. The van der Waals surface area contributed by atoms with E-state index < -0.39 is 9.84 Å². The average Bonchev–Trinajstić information content (AvgIpc) is 2.09. The van der Waals surface area contributed by atoms with Crippen LogP contribution in [-0.2, 0) is 9.84 Å². The van der Waals surface area contributed by atoms with Gasteiger partial charge in [0, 0.05) is 16.5 Å². The van der Waals surface area contributed by atoms with E-state index in [2.05, 4.69) is 20.9 Å². The van der Waals surface area contributed by atoms with Gasteiger partial charge in [-0.05, 0) is 35.0 Å². The Kier molecular flexibility index (Phi) is 4.61. The van der Waals surface area contributed by atoms with Crippen LogP contribution in [0, 0.1) is 6.92 Å². The topological polar surface area (TPSA) is 47.0 Å². The van der Waals surface area contributed by atoms with Crippen molar-refractivity contribution in [3.8, 4) is 0 Å². The Labute approximate surface area is 103 Å². The molecule has 3 nitrogen and oxygen atoms in total. The molecule has 0 saturated heterocycles. The van der Waals surface area contributed by atoms with Gasteiger partial charge in [-0.15, -0.1) is 11.8 Å². The summed E-state index contributed by atoms with van der Waals surface area (Å²) in [5, 5.41) is 0.861. The van der Waals surface area contributed by atoms with Crippen molar-refractivity contribution in [1.29, 1.82) is 0 Å². The Morgan fingerprint density at radius 2 is 2.13 bits per heavy atom. The first-order valence-corrected chi connectivity index (χ1v) is 8.16. The van der Waals surface area contributed by atoms with Crippen molar-refractivity contribution >= 4 is 37.5 Å². The van der Waals surface area contributed by atoms with Crippen molar-refractivity contribution < 1.29 is 8.42 Å². The largest absolute Gasteiger partial charge is 0.246 e. The maximum Gasteiger partial charge on any atom is 0.148 e. The van der Waals surface area contributed by atoms with Gasteiger partial charge in [0.25, 0.3) is 0 Å². The zero-order valence-corrected chi connectivity index (χ0v) is 11.7. The van der Waals surface area contributed by atoms with E-state index in [-0.39, 0.29) is 5.75 Å². The normalized spacial score (nSPS) is 11.7. The monoisotopic (exact) mass is 309 g/mol. The van der Waals surface area contributed by atoms with Gasteiger partial charge in [-0.3, -0.25) is 0 Å². The maximum atomic E-state index is 10.9. The van der Waals surface area contributed by atoms with E-state index in [9.17, 15) is 8.42 Å². The summed E-state index contributed by atoms with van der Waals surface area (Å²) in [6.45, 7) is 1.91. The van der Waals surface area contributed by atoms with Crippen molar-refractivity contribution in [2.75, 3.05) is 17.8 Å². The molecule has 0 aliphatic carbocycles. The average molecular weight is 310 g/mol. The van der Waals surface area contributed by atoms with Crippen LogP contribution in [0.2, 0.25) is 0 Å².